The number of thiazole rings is 1. The summed E-state index contributed by atoms with van der Waals surface area (Å²) in [7, 11) is 1.93. The van der Waals surface area contributed by atoms with Crippen LogP contribution >= 0.6 is 27.3 Å². The lowest BCUT2D eigenvalue weighted by molar-refractivity contribution is 0.810. The molecule has 2 nitrogen and oxygen atoms in total. The van der Waals surface area contributed by atoms with Crippen LogP contribution in [0.4, 0.5) is 0 Å². The van der Waals surface area contributed by atoms with E-state index in [9.17, 15) is 0 Å². The molecule has 0 aliphatic rings. The predicted molar refractivity (Wildman–Crippen MR) is 68.0 cm³/mol. The van der Waals surface area contributed by atoms with Crippen molar-refractivity contribution in [2.75, 3.05) is 7.05 Å². The van der Waals surface area contributed by atoms with Gasteiger partial charge in [0.15, 0.2) is 0 Å². The summed E-state index contributed by atoms with van der Waals surface area (Å²) in [5.74, 6) is 0. The SMILES string of the molecule is CNCc1ncc(-c2cccc(Br)c2)s1. The molecule has 0 spiro atoms. The molecule has 1 aromatic heterocycles. The zero-order chi connectivity index (χ0) is 10.7. The lowest BCUT2D eigenvalue weighted by Gasteiger charge is -1.96. The first-order valence-corrected chi connectivity index (χ1v) is 6.26. The molecule has 0 unspecified atom stereocenters. The fraction of sp³-hybridized carbons (Fsp3) is 0.182. The van der Waals surface area contributed by atoms with Gasteiger partial charge in [-0.3, -0.25) is 0 Å². The van der Waals surface area contributed by atoms with E-state index in [2.05, 4.69) is 38.4 Å². The van der Waals surface area contributed by atoms with Crippen LogP contribution in [-0.4, -0.2) is 12.0 Å². The van der Waals surface area contributed by atoms with Gasteiger partial charge in [-0.2, -0.15) is 0 Å². The fourth-order valence-electron chi connectivity index (χ4n) is 1.32. The van der Waals surface area contributed by atoms with Crippen molar-refractivity contribution in [1.29, 1.82) is 0 Å². The molecule has 2 rings (SSSR count). The van der Waals surface area contributed by atoms with Crippen molar-refractivity contribution >= 4 is 27.3 Å². The first kappa shape index (κ1) is 10.8. The van der Waals surface area contributed by atoms with Gasteiger partial charge in [-0.1, -0.05) is 28.1 Å². The van der Waals surface area contributed by atoms with Gasteiger partial charge in [-0.05, 0) is 24.7 Å². The second-order valence-electron chi connectivity index (χ2n) is 3.16. The molecular weight excluding hydrogens is 272 g/mol. The summed E-state index contributed by atoms with van der Waals surface area (Å²) in [6.07, 6.45) is 1.93. The maximum absolute atomic E-state index is 4.35. The van der Waals surface area contributed by atoms with Gasteiger partial charge in [0.1, 0.15) is 5.01 Å². The largest absolute Gasteiger partial charge is 0.314 e. The minimum atomic E-state index is 0.832. The molecule has 0 aliphatic carbocycles. The molecule has 0 fully saturated rings. The zero-order valence-corrected chi connectivity index (χ0v) is 10.7. The number of halogens is 1. The van der Waals surface area contributed by atoms with Gasteiger partial charge in [-0.25, -0.2) is 4.98 Å². The normalized spacial score (nSPS) is 10.5. The quantitative estimate of drug-likeness (QED) is 0.935. The molecule has 15 heavy (non-hydrogen) atoms. The van der Waals surface area contributed by atoms with E-state index in [0.717, 1.165) is 16.0 Å². The van der Waals surface area contributed by atoms with E-state index in [0.29, 0.717) is 0 Å². The Bertz CT molecular complexity index is 453. The predicted octanol–water partition coefficient (Wildman–Crippen LogP) is 3.29. The van der Waals surface area contributed by atoms with Crippen LogP contribution in [-0.2, 0) is 6.54 Å². The first-order valence-electron chi connectivity index (χ1n) is 4.65. The van der Waals surface area contributed by atoms with Crippen LogP contribution in [0.3, 0.4) is 0 Å². The Morgan fingerprint density at radius 2 is 2.33 bits per heavy atom. The Morgan fingerprint density at radius 1 is 1.47 bits per heavy atom. The summed E-state index contributed by atoms with van der Waals surface area (Å²) in [6.45, 7) is 0.832. The van der Waals surface area contributed by atoms with E-state index >= 15 is 0 Å². The van der Waals surface area contributed by atoms with E-state index < -0.39 is 0 Å². The van der Waals surface area contributed by atoms with Crippen molar-refractivity contribution in [2.24, 2.45) is 0 Å². The van der Waals surface area contributed by atoms with Crippen LogP contribution < -0.4 is 5.32 Å². The van der Waals surface area contributed by atoms with Crippen LogP contribution in [0.2, 0.25) is 0 Å². The second kappa shape index (κ2) is 4.88. The Balaban J connectivity index is 2.29. The van der Waals surface area contributed by atoms with E-state index in [4.69, 9.17) is 0 Å². The Morgan fingerprint density at radius 3 is 3.07 bits per heavy atom. The summed E-state index contributed by atoms with van der Waals surface area (Å²) in [6, 6.07) is 8.27. The summed E-state index contributed by atoms with van der Waals surface area (Å²) in [5.41, 5.74) is 1.21. The van der Waals surface area contributed by atoms with Crippen LogP contribution in [0.5, 0.6) is 0 Å². The zero-order valence-electron chi connectivity index (χ0n) is 8.33. The maximum atomic E-state index is 4.35. The monoisotopic (exact) mass is 282 g/mol. The number of nitrogens with zero attached hydrogens (tertiary/aromatic N) is 1. The minimum absolute atomic E-state index is 0.832. The van der Waals surface area contributed by atoms with E-state index in [1.807, 2.05) is 25.4 Å². The van der Waals surface area contributed by atoms with Gasteiger partial charge in [0.05, 0.1) is 4.88 Å². The molecule has 1 heterocycles. The third-order valence-corrected chi connectivity index (χ3v) is 3.53. The highest BCUT2D eigenvalue weighted by Crippen LogP contribution is 2.27. The fourth-order valence-corrected chi connectivity index (χ4v) is 2.64. The van der Waals surface area contributed by atoms with Gasteiger partial charge in [0, 0.05) is 17.2 Å². The maximum Gasteiger partial charge on any atom is 0.107 e. The third-order valence-electron chi connectivity index (χ3n) is 1.99. The van der Waals surface area contributed by atoms with Crippen LogP contribution in [0, 0.1) is 0 Å². The lowest BCUT2D eigenvalue weighted by Crippen LogP contribution is -2.03. The van der Waals surface area contributed by atoms with Crippen molar-refractivity contribution < 1.29 is 0 Å². The topological polar surface area (TPSA) is 24.9 Å². The number of hydrogen-bond donors (Lipinski definition) is 1. The van der Waals surface area contributed by atoms with Crippen molar-refractivity contribution in [3.8, 4) is 10.4 Å². The van der Waals surface area contributed by atoms with Crippen LogP contribution in [0.25, 0.3) is 10.4 Å². The molecule has 4 heteroatoms. The highest BCUT2D eigenvalue weighted by molar-refractivity contribution is 9.10. The first-order chi connectivity index (χ1) is 7.29. The molecule has 0 amide bonds. The van der Waals surface area contributed by atoms with Crippen molar-refractivity contribution in [3.05, 3.63) is 39.9 Å². The van der Waals surface area contributed by atoms with Gasteiger partial charge in [0.25, 0.3) is 0 Å². The van der Waals surface area contributed by atoms with Gasteiger partial charge >= 0.3 is 0 Å². The molecule has 0 saturated carbocycles. The molecule has 0 saturated heterocycles. The number of benzene rings is 1. The number of aromatic nitrogens is 1. The molecular formula is C11H11BrN2S. The van der Waals surface area contributed by atoms with Crippen LogP contribution in [0.15, 0.2) is 34.9 Å². The van der Waals surface area contributed by atoms with Crippen molar-refractivity contribution in [1.82, 2.24) is 10.3 Å². The Kier molecular flexibility index (Phi) is 3.51. The van der Waals surface area contributed by atoms with Gasteiger partial charge in [-0.15, -0.1) is 11.3 Å². The van der Waals surface area contributed by atoms with Crippen LogP contribution in [0.1, 0.15) is 5.01 Å². The highest BCUT2D eigenvalue weighted by atomic mass is 79.9. The molecule has 2 aromatic rings. The molecule has 78 valence electrons. The summed E-state index contributed by atoms with van der Waals surface area (Å²) >= 11 is 5.19. The van der Waals surface area contributed by atoms with Gasteiger partial charge in [0.2, 0.25) is 0 Å². The molecule has 1 aromatic carbocycles. The number of rotatable bonds is 3. The number of nitrogens with one attached hydrogen (secondary N) is 1. The molecule has 0 atom stereocenters. The average Bonchev–Trinajstić information content (AvgIpc) is 2.67. The molecule has 1 N–H and O–H groups in total. The molecule has 0 bridgehead atoms. The average molecular weight is 283 g/mol. The standard InChI is InChI=1S/C11H11BrN2S/c1-13-7-11-14-6-10(15-11)8-3-2-4-9(12)5-8/h2-6,13H,7H2,1H3. The molecule has 0 radical (unpaired) electrons. The number of hydrogen-bond acceptors (Lipinski definition) is 3. The van der Waals surface area contributed by atoms with Crippen molar-refractivity contribution in [2.45, 2.75) is 6.54 Å². The third kappa shape index (κ3) is 2.65. The second-order valence-corrected chi connectivity index (χ2v) is 5.19. The van der Waals surface area contributed by atoms with E-state index in [1.165, 1.54) is 10.4 Å². The smallest absolute Gasteiger partial charge is 0.107 e. The minimum Gasteiger partial charge on any atom is -0.314 e. The summed E-state index contributed by atoms with van der Waals surface area (Å²) in [5, 5.41) is 4.22. The van der Waals surface area contributed by atoms with Crippen molar-refractivity contribution in [3.63, 3.8) is 0 Å². The highest BCUT2D eigenvalue weighted by Gasteiger charge is 2.03. The van der Waals surface area contributed by atoms with E-state index in [1.54, 1.807) is 11.3 Å². The Hall–Kier alpha value is -0.710. The van der Waals surface area contributed by atoms with Gasteiger partial charge < -0.3 is 5.32 Å². The van der Waals surface area contributed by atoms with E-state index in [-0.39, 0.29) is 0 Å². The summed E-state index contributed by atoms with van der Waals surface area (Å²) < 4.78 is 1.10. The molecule has 0 aliphatic heterocycles. The Labute approximate surface area is 101 Å². The lowest BCUT2D eigenvalue weighted by atomic mass is 10.2. The summed E-state index contributed by atoms with van der Waals surface area (Å²) in [4.78, 5) is 5.56.